The first-order valence-electron chi connectivity index (χ1n) is 9.80. The molecule has 2 heteroatoms. The molecule has 0 atom stereocenters. The van der Waals surface area contributed by atoms with Crippen molar-refractivity contribution in [3.05, 3.63) is 58.7 Å². The third kappa shape index (κ3) is 6.12. The van der Waals surface area contributed by atoms with Crippen LogP contribution in [0.1, 0.15) is 61.8 Å². The van der Waals surface area contributed by atoms with Crippen molar-refractivity contribution in [2.45, 2.75) is 59.8 Å². The van der Waals surface area contributed by atoms with Crippen LogP contribution in [-0.2, 0) is 6.42 Å². The van der Waals surface area contributed by atoms with Gasteiger partial charge in [-0.05, 0) is 67.5 Å². The molecule has 0 spiro atoms. The lowest BCUT2D eigenvalue weighted by Crippen LogP contribution is -2.03. The molecule has 2 aromatic carbocycles. The molecule has 0 aromatic heterocycles. The summed E-state index contributed by atoms with van der Waals surface area (Å²) >= 11 is 0. The number of unbranched alkanes of at least 4 members (excludes halogenated alkanes) is 2. The Labute approximate surface area is 154 Å². The van der Waals surface area contributed by atoms with Gasteiger partial charge in [-0.15, -0.1) is 0 Å². The standard InChI is InChI=1S/C23H34N2/c1-5-7-13-24-22-11-9-20(15-18(22)3)17-21-10-12-23(19(4)16-21)25-14-8-6-2/h9-12,15-16,24-25H,5-8,13-14,17H2,1-4H3. The summed E-state index contributed by atoms with van der Waals surface area (Å²) in [5.41, 5.74) is 7.97. The maximum absolute atomic E-state index is 3.54. The van der Waals surface area contributed by atoms with Gasteiger partial charge in [-0.25, -0.2) is 0 Å². The summed E-state index contributed by atoms with van der Waals surface area (Å²) in [6.07, 6.45) is 5.89. The van der Waals surface area contributed by atoms with Gasteiger partial charge < -0.3 is 10.6 Å². The highest BCUT2D eigenvalue weighted by atomic mass is 14.9. The Morgan fingerprint density at radius 1 is 0.680 bits per heavy atom. The molecule has 0 radical (unpaired) electrons. The number of benzene rings is 2. The summed E-state index contributed by atoms with van der Waals surface area (Å²) < 4.78 is 0. The van der Waals surface area contributed by atoms with Crippen LogP contribution in [0.3, 0.4) is 0 Å². The van der Waals surface area contributed by atoms with Gasteiger partial charge in [0.05, 0.1) is 0 Å². The Balaban J connectivity index is 1.99. The van der Waals surface area contributed by atoms with Crippen LogP contribution in [0.5, 0.6) is 0 Å². The molecule has 25 heavy (non-hydrogen) atoms. The van der Waals surface area contributed by atoms with Gasteiger partial charge in [0.2, 0.25) is 0 Å². The molecule has 2 rings (SSSR count). The quantitative estimate of drug-likeness (QED) is 0.495. The molecule has 0 saturated heterocycles. The molecule has 0 aliphatic heterocycles. The second-order valence-electron chi connectivity index (χ2n) is 7.04. The highest BCUT2D eigenvalue weighted by Gasteiger charge is 2.04. The number of hydrogen-bond acceptors (Lipinski definition) is 2. The van der Waals surface area contributed by atoms with Crippen LogP contribution in [-0.4, -0.2) is 13.1 Å². The third-order valence-electron chi connectivity index (χ3n) is 4.68. The normalized spacial score (nSPS) is 10.7. The van der Waals surface area contributed by atoms with Gasteiger partial charge in [-0.1, -0.05) is 51.0 Å². The Morgan fingerprint density at radius 3 is 1.48 bits per heavy atom. The van der Waals surface area contributed by atoms with E-state index in [-0.39, 0.29) is 0 Å². The molecular weight excluding hydrogens is 304 g/mol. The van der Waals surface area contributed by atoms with Crippen molar-refractivity contribution in [1.82, 2.24) is 0 Å². The number of hydrogen-bond donors (Lipinski definition) is 2. The van der Waals surface area contributed by atoms with Crippen LogP contribution in [0, 0.1) is 13.8 Å². The lowest BCUT2D eigenvalue weighted by molar-refractivity contribution is 0.833. The number of nitrogens with one attached hydrogen (secondary N) is 2. The number of rotatable bonds is 10. The predicted molar refractivity (Wildman–Crippen MR) is 112 cm³/mol. The van der Waals surface area contributed by atoms with Gasteiger partial charge in [-0.3, -0.25) is 0 Å². The van der Waals surface area contributed by atoms with Crippen LogP contribution in [0.2, 0.25) is 0 Å². The number of anilines is 2. The van der Waals surface area contributed by atoms with E-state index >= 15 is 0 Å². The van der Waals surface area contributed by atoms with Crippen LogP contribution in [0.4, 0.5) is 11.4 Å². The molecule has 0 aliphatic carbocycles. The molecule has 0 aliphatic rings. The molecular formula is C23H34N2. The van der Waals surface area contributed by atoms with Crippen molar-refractivity contribution >= 4 is 11.4 Å². The third-order valence-corrected chi connectivity index (χ3v) is 4.68. The fourth-order valence-electron chi connectivity index (χ4n) is 3.10. The fourth-order valence-corrected chi connectivity index (χ4v) is 3.10. The second kappa shape index (κ2) is 10.1. The fraction of sp³-hybridized carbons (Fsp3) is 0.478. The van der Waals surface area contributed by atoms with Gasteiger partial charge in [0, 0.05) is 24.5 Å². The van der Waals surface area contributed by atoms with Crippen molar-refractivity contribution < 1.29 is 0 Å². The minimum absolute atomic E-state index is 0.992. The summed E-state index contributed by atoms with van der Waals surface area (Å²) in [4.78, 5) is 0. The van der Waals surface area contributed by atoms with E-state index in [2.05, 4.69) is 74.7 Å². The lowest BCUT2D eigenvalue weighted by atomic mass is 10.00. The minimum atomic E-state index is 0.992. The zero-order valence-electron chi connectivity index (χ0n) is 16.4. The molecule has 0 amide bonds. The topological polar surface area (TPSA) is 24.1 Å². The molecule has 0 saturated carbocycles. The van der Waals surface area contributed by atoms with Crippen LogP contribution in [0.15, 0.2) is 36.4 Å². The number of aryl methyl sites for hydroxylation is 2. The van der Waals surface area contributed by atoms with Crippen LogP contribution < -0.4 is 10.6 Å². The molecule has 0 unspecified atom stereocenters. The van der Waals surface area contributed by atoms with E-state index in [0.29, 0.717) is 0 Å². The highest BCUT2D eigenvalue weighted by molar-refractivity contribution is 5.54. The molecule has 0 fully saturated rings. The molecule has 0 heterocycles. The molecule has 2 nitrogen and oxygen atoms in total. The van der Waals surface area contributed by atoms with Crippen molar-refractivity contribution in [1.29, 1.82) is 0 Å². The van der Waals surface area contributed by atoms with E-state index in [1.54, 1.807) is 0 Å². The van der Waals surface area contributed by atoms with Gasteiger partial charge in [0.15, 0.2) is 0 Å². The van der Waals surface area contributed by atoms with Crippen molar-refractivity contribution in [3.8, 4) is 0 Å². The van der Waals surface area contributed by atoms with E-state index in [0.717, 1.165) is 19.5 Å². The zero-order chi connectivity index (χ0) is 18.1. The van der Waals surface area contributed by atoms with E-state index in [4.69, 9.17) is 0 Å². The smallest absolute Gasteiger partial charge is 0.0370 e. The van der Waals surface area contributed by atoms with Crippen molar-refractivity contribution in [3.63, 3.8) is 0 Å². The minimum Gasteiger partial charge on any atom is -0.385 e. The molecule has 0 bridgehead atoms. The van der Waals surface area contributed by atoms with E-state index in [1.165, 1.54) is 59.3 Å². The highest BCUT2D eigenvalue weighted by Crippen LogP contribution is 2.22. The zero-order valence-corrected chi connectivity index (χ0v) is 16.4. The summed E-state index contributed by atoms with van der Waals surface area (Å²) in [6, 6.07) is 13.6. The van der Waals surface area contributed by atoms with E-state index < -0.39 is 0 Å². The summed E-state index contributed by atoms with van der Waals surface area (Å²) in [6.45, 7) is 11.0. The Kier molecular flexibility index (Phi) is 7.84. The van der Waals surface area contributed by atoms with Crippen LogP contribution >= 0.6 is 0 Å². The Bertz CT molecular complexity index is 604. The molecule has 2 aromatic rings. The van der Waals surface area contributed by atoms with Crippen molar-refractivity contribution in [2.75, 3.05) is 23.7 Å². The van der Waals surface area contributed by atoms with Gasteiger partial charge >= 0.3 is 0 Å². The molecule has 136 valence electrons. The second-order valence-corrected chi connectivity index (χ2v) is 7.04. The average molecular weight is 339 g/mol. The van der Waals surface area contributed by atoms with Crippen LogP contribution in [0.25, 0.3) is 0 Å². The summed E-state index contributed by atoms with van der Waals surface area (Å²) in [5, 5.41) is 7.08. The van der Waals surface area contributed by atoms with E-state index in [1.807, 2.05) is 0 Å². The van der Waals surface area contributed by atoms with Crippen molar-refractivity contribution in [2.24, 2.45) is 0 Å². The largest absolute Gasteiger partial charge is 0.385 e. The van der Waals surface area contributed by atoms with E-state index in [9.17, 15) is 0 Å². The maximum Gasteiger partial charge on any atom is 0.0370 e. The Hall–Kier alpha value is -1.96. The SMILES string of the molecule is CCCCNc1ccc(Cc2ccc(NCCCC)c(C)c2)cc1C. The Morgan fingerprint density at radius 2 is 1.12 bits per heavy atom. The summed E-state index contributed by atoms with van der Waals surface area (Å²) in [5.74, 6) is 0. The maximum atomic E-state index is 3.54. The van der Waals surface area contributed by atoms with Gasteiger partial charge in [-0.2, -0.15) is 0 Å². The molecule has 2 N–H and O–H groups in total. The summed E-state index contributed by atoms with van der Waals surface area (Å²) in [7, 11) is 0. The predicted octanol–water partition coefficient (Wildman–Crippen LogP) is 6.32. The monoisotopic (exact) mass is 338 g/mol. The lowest BCUT2D eigenvalue weighted by Gasteiger charge is -2.13. The average Bonchev–Trinajstić information content (AvgIpc) is 2.59. The first-order chi connectivity index (χ1) is 12.1. The van der Waals surface area contributed by atoms with Gasteiger partial charge in [0.25, 0.3) is 0 Å². The first kappa shape index (κ1) is 19.4. The first-order valence-corrected chi connectivity index (χ1v) is 9.80. The van der Waals surface area contributed by atoms with Gasteiger partial charge in [0.1, 0.15) is 0 Å².